The lowest BCUT2D eigenvalue weighted by Crippen LogP contribution is -2.44. The first-order valence-electron chi connectivity index (χ1n) is 7.10. The Kier molecular flexibility index (Phi) is 5.49. The molecule has 0 aliphatic rings. The molecule has 2 aromatic rings. The number of hydrogen-bond donors (Lipinski definition) is 1. The molecular weight excluding hydrogens is 316 g/mol. The van der Waals surface area contributed by atoms with E-state index < -0.39 is 23.7 Å². The number of thiophene rings is 1. The third kappa shape index (κ3) is 3.96. The zero-order valence-electron chi connectivity index (χ0n) is 12.6. The number of rotatable bonds is 6. The zero-order chi connectivity index (χ0) is 16.8. The quantitative estimate of drug-likeness (QED) is 0.824. The van der Waals surface area contributed by atoms with Crippen LogP contribution < -0.4 is 16.6 Å². The Labute approximate surface area is 136 Å². The second kappa shape index (κ2) is 7.56. The zero-order valence-corrected chi connectivity index (χ0v) is 13.4. The van der Waals surface area contributed by atoms with Gasteiger partial charge in [0.25, 0.3) is 5.56 Å². The van der Waals surface area contributed by atoms with Crippen LogP contribution in [0, 0.1) is 11.3 Å². The Morgan fingerprint density at radius 1 is 1.43 bits per heavy atom. The maximum Gasteiger partial charge on any atom is 0.331 e. The number of nitriles is 1. The number of carbonyl (C=O) groups excluding carboxylic acids is 1. The summed E-state index contributed by atoms with van der Waals surface area (Å²) in [4.78, 5) is 37.2. The summed E-state index contributed by atoms with van der Waals surface area (Å²) in [6.07, 6.45) is 1.91. The highest BCUT2D eigenvalue weighted by molar-refractivity contribution is 7.09. The van der Waals surface area contributed by atoms with E-state index in [1.807, 2.05) is 17.5 Å². The first-order valence-corrected chi connectivity index (χ1v) is 7.98. The fraction of sp³-hybridized carbons (Fsp3) is 0.333. The van der Waals surface area contributed by atoms with Crippen LogP contribution in [0.25, 0.3) is 0 Å². The fourth-order valence-electron chi connectivity index (χ4n) is 2.08. The minimum atomic E-state index is -0.740. The summed E-state index contributed by atoms with van der Waals surface area (Å²) < 4.78 is 2.03. The molecule has 0 saturated heterocycles. The highest BCUT2D eigenvalue weighted by atomic mass is 32.1. The van der Waals surface area contributed by atoms with Crippen LogP contribution in [0.2, 0.25) is 0 Å². The first kappa shape index (κ1) is 16.7. The molecule has 23 heavy (non-hydrogen) atoms. The second-order valence-electron chi connectivity index (χ2n) is 4.79. The largest absolute Gasteiger partial charge is 0.354 e. The summed E-state index contributed by atoms with van der Waals surface area (Å²) in [6.45, 7) is 2.07. The molecule has 0 bridgehead atoms. The smallest absolute Gasteiger partial charge is 0.331 e. The van der Waals surface area contributed by atoms with Gasteiger partial charge in [-0.25, -0.2) is 9.36 Å². The third-order valence-electron chi connectivity index (χ3n) is 3.27. The molecule has 1 amide bonds. The number of aromatic nitrogens is 2. The normalized spacial score (nSPS) is 10.3. The van der Waals surface area contributed by atoms with E-state index in [1.165, 1.54) is 10.8 Å². The van der Waals surface area contributed by atoms with Crippen molar-refractivity contribution in [3.63, 3.8) is 0 Å². The van der Waals surface area contributed by atoms with Crippen molar-refractivity contribution in [3.05, 3.63) is 55.0 Å². The maximum atomic E-state index is 12.1. The number of hydrogen-bond acceptors (Lipinski definition) is 5. The van der Waals surface area contributed by atoms with Crippen LogP contribution in [0.15, 0.2) is 33.3 Å². The predicted molar refractivity (Wildman–Crippen MR) is 86.4 cm³/mol. The Bertz CT molecular complexity index is 843. The Morgan fingerprint density at radius 3 is 2.83 bits per heavy atom. The van der Waals surface area contributed by atoms with E-state index in [0.29, 0.717) is 19.5 Å². The van der Waals surface area contributed by atoms with Gasteiger partial charge in [-0.1, -0.05) is 6.07 Å². The highest BCUT2D eigenvalue weighted by Gasteiger charge is 2.13. The lowest BCUT2D eigenvalue weighted by Gasteiger charge is -2.09. The first-order chi connectivity index (χ1) is 11.1. The average molecular weight is 332 g/mol. The molecule has 120 valence electrons. The monoisotopic (exact) mass is 332 g/mol. The van der Waals surface area contributed by atoms with Gasteiger partial charge in [-0.05, 0) is 24.8 Å². The fourth-order valence-corrected chi connectivity index (χ4v) is 2.78. The Morgan fingerprint density at radius 2 is 2.22 bits per heavy atom. The molecular formula is C15H16N4O3S. The molecule has 1 N–H and O–H groups in total. The molecule has 2 heterocycles. The Balaban J connectivity index is 2.10. The molecule has 0 aromatic carbocycles. The van der Waals surface area contributed by atoms with E-state index in [4.69, 9.17) is 5.26 Å². The van der Waals surface area contributed by atoms with Gasteiger partial charge in [0.2, 0.25) is 5.91 Å². The molecule has 0 aliphatic carbocycles. The van der Waals surface area contributed by atoms with Crippen molar-refractivity contribution in [2.45, 2.75) is 26.4 Å². The molecule has 8 heteroatoms. The van der Waals surface area contributed by atoms with E-state index in [9.17, 15) is 14.4 Å². The van der Waals surface area contributed by atoms with Crippen LogP contribution in [0.5, 0.6) is 0 Å². The van der Waals surface area contributed by atoms with Crippen molar-refractivity contribution in [2.75, 3.05) is 6.54 Å². The highest BCUT2D eigenvalue weighted by Crippen LogP contribution is 2.07. The van der Waals surface area contributed by atoms with Gasteiger partial charge in [0, 0.05) is 24.2 Å². The van der Waals surface area contributed by atoms with E-state index in [0.717, 1.165) is 9.44 Å². The van der Waals surface area contributed by atoms with Crippen LogP contribution in [-0.2, 0) is 24.3 Å². The van der Waals surface area contributed by atoms with Gasteiger partial charge >= 0.3 is 5.69 Å². The molecule has 0 atom stereocenters. The average Bonchev–Trinajstić information content (AvgIpc) is 3.05. The van der Waals surface area contributed by atoms with Crippen molar-refractivity contribution in [3.8, 4) is 6.07 Å². The number of carbonyl (C=O) groups is 1. The third-order valence-corrected chi connectivity index (χ3v) is 4.21. The van der Waals surface area contributed by atoms with Crippen molar-refractivity contribution in [2.24, 2.45) is 0 Å². The topological polar surface area (TPSA) is 96.9 Å². The van der Waals surface area contributed by atoms with Gasteiger partial charge in [0.1, 0.15) is 18.2 Å². The van der Waals surface area contributed by atoms with Gasteiger partial charge in [0.05, 0.1) is 0 Å². The number of aryl methyl sites for hydroxylation is 1. The standard InChI is InChI=1S/C15H16N4O3S/c1-2-18-9-11(8-16)14(21)19(15(18)22)10-13(20)17-6-5-12-4-3-7-23-12/h3-4,7,9H,2,5-6,10H2,1H3,(H,17,20). The van der Waals surface area contributed by atoms with Crippen molar-refractivity contribution >= 4 is 17.2 Å². The van der Waals surface area contributed by atoms with Gasteiger partial charge in [-0.2, -0.15) is 5.26 Å². The lowest BCUT2D eigenvalue weighted by molar-refractivity contribution is -0.121. The number of nitrogens with one attached hydrogen (secondary N) is 1. The molecule has 0 aliphatic heterocycles. The summed E-state index contributed by atoms with van der Waals surface area (Å²) in [5.41, 5.74) is -1.49. The molecule has 0 fully saturated rings. The summed E-state index contributed by atoms with van der Waals surface area (Å²) in [6, 6.07) is 5.65. The molecule has 0 saturated carbocycles. The van der Waals surface area contributed by atoms with Crippen molar-refractivity contribution < 1.29 is 4.79 Å². The summed E-state index contributed by atoms with van der Waals surface area (Å²) in [7, 11) is 0. The number of nitrogens with zero attached hydrogens (tertiary/aromatic N) is 3. The minimum absolute atomic E-state index is 0.155. The van der Waals surface area contributed by atoms with Gasteiger partial charge in [-0.3, -0.25) is 14.2 Å². The lowest BCUT2D eigenvalue weighted by atomic mass is 10.3. The van der Waals surface area contributed by atoms with Crippen LogP contribution in [0.3, 0.4) is 0 Å². The SMILES string of the molecule is CCn1cc(C#N)c(=O)n(CC(=O)NCCc2cccs2)c1=O. The summed E-state index contributed by atoms with van der Waals surface area (Å²) >= 11 is 1.60. The van der Waals surface area contributed by atoms with Crippen LogP contribution >= 0.6 is 11.3 Å². The van der Waals surface area contributed by atoms with Crippen molar-refractivity contribution in [1.82, 2.24) is 14.5 Å². The van der Waals surface area contributed by atoms with Crippen LogP contribution in [-0.4, -0.2) is 21.6 Å². The minimum Gasteiger partial charge on any atom is -0.354 e. The summed E-state index contributed by atoms with van der Waals surface area (Å²) in [5.74, 6) is -0.432. The van der Waals surface area contributed by atoms with Crippen LogP contribution in [0.1, 0.15) is 17.4 Å². The van der Waals surface area contributed by atoms with E-state index in [2.05, 4.69) is 5.32 Å². The maximum absolute atomic E-state index is 12.1. The molecule has 7 nitrogen and oxygen atoms in total. The van der Waals surface area contributed by atoms with Crippen molar-refractivity contribution in [1.29, 1.82) is 5.26 Å². The number of amides is 1. The van der Waals surface area contributed by atoms with Gasteiger partial charge in [0.15, 0.2) is 0 Å². The van der Waals surface area contributed by atoms with E-state index in [1.54, 1.807) is 24.3 Å². The summed E-state index contributed by atoms with van der Waals surface area (Å²) in [5, 5.41) is 13.6. The molecule has 2 rings (SSSR count). The molecule has 0 unspecified atom stereocenters. The molecule has 0 spiro atoms. The van der Waals surface area contributed by atoms with Gasteiger partial charge < -0.3 is 5.32 Å². The van der Waals surface area contributed by atoms with E-state index in [-0.39, 0.29) is 5.56 Å². The Hall–Kier alpha value is -2.66. The second-order valence-corrected chi connectivity index (χ2v) is 5.83. The van der Waals surface area contributed by atoms with Crippen LogP contribution in [0.4, 0.5) is 0 Å². The molecule has 0 radical (unpaired) electrons. The predicted octanol–water partition coefficient (Wildman–Crippen LogP) is 0.322. The molecule has 2 aromatic heterocycles. The van der Waals surface area contributed by atoms with Gasteiger partial charge in [-0.15, -0.1) is 11.3 Å². The van der Waals surface area contributed by atoms with E-state index >= 15 is 0 Å².